The van der Waals surface area contributed by atoms with Gasteiger partial charge in [0, 0.05) is 17.5 Å². The first-order valence-electron chi connectivity index (χ1n) is 9.63. The van der Waals surface area contributed by atoms with E-state index in [1.54, 1.807) is 7.11 Å². The van der Waals surface area contributed by atoms with E-state index in [-0.39, 0.29) is 0 Å². The molecule has 0 unspecified atom stereocenters. The predicted molar refractivity (Wildman–Crippen MR) is 112 cm³/mol. The highest BCUT2D eigenvalue weighted by atomic mass is 16.5. The van der Waals surface area contributed by atoms with Crippen LogP contribution in [-0.4, -0.2) is 19.2 Å². The Bertz CT molecular complexity index is 976. The van der Waals surface area contributed by atoms with Crippen molar-refractivity contribution in [2.45, 2.75) is 31.3 Å². The van der Waals surface area contributed by atoms with Crippen LogP contribution in [0.2, 0.25) is 0 Å². The number of benzene rings is 3. The molecule has 0 aromatic heterocycles. The van der Waals surface area contributed by atoms with Gasteiger partial charge in [-0.2, -0.15) is 0 Å². The van der Waals surface area contributed by atoms with Gasteiger partial charge >= 0.3 is 0 Å². The molecule has 0 atom stereocenters. The number of hydrogen-bond acceptors (Lipinski definition) is 4. The van der Waals surface area contributed by atoms with Gasteiger partial charge < -0.3 is 14.2 Å². The Morgan fingerprint density at radius 2 is 1.45 bits per heavy atom. The van der Waals surface area contributed by atoms with Crippen LogP contribution in [0.25, 0.3) is 0 Å². The molecule has 1 aliphatic rings. The maximum absolute atomic E-state index is 11.2. The van der Waals surface area contributed by atoms with Crippen LogP contribution < -0.4 is 9.47 Å². The van der Waals surface area contributed by atoms with Crippen molar-refractivity contribution in [1.82, 2.24) is 0 Å². The molecular weight excluding hydrogens is 364 g/mol. The molecule has 4 heteroatoms. The molecule has 29 heavy (non-hydrogen) atoms. The molecule has 148 valence electrons. The zero-order valence-electron chi connectivity index (χ0n) is 16.8. The van der Waals surface area contributed by atoms with Crippen molar-refractivity contribution < 1.29 is 19.0 Å². The summed E-state index contributed by atoms with van der Waals surface area (Å²) in [6.45, 7) is 4.40. The summed E-state index contributed by atoms with van der Waals surface area (Å²) in [6.07, 6.45) is 0.558. The van der Waals surface area contributed by atoms with Crippen molar-refractivity contribution >= 4 is 6.47 Å². The van der Waals surface area contributed by atoms with E-state index in [0.717, 1.165) is 33.9 Å². The SMILES string of the molecule is COc1ccc(C2(CC(C)(C)OC=O)c3ccccc3Oc3ccccc32)cc1. The number of carbonyl (C=O) groups is 1. The molecule has 0 amide bonds. The van der Waals surface area contributed by atoms with Gasteiger partial charge in [-0.3, -0.25) is 4.79 Å². The molecular formula is C25H24O4. The summed E-state index contributed by atoms with van der Waals surface area (Å²) in [4.78, 5) is 11.2. The first kappa shape index (κ1) is 19.1. The van der Waals surface area contributed by atoms with Gasteiger partial charge in [-0.15, -0.1) is 0 Å². The molecule has 3 aromatic carbocycles. The van der Waals surface area contributed by atoms with Crippen LogP contribution in [0.3, 0.4) is 0 Å². The Labute approximate surface area is 171 Å². The number of methoxy groups -OCH3 is 1. The van der Waals surface area contributed by atoms with Crippen LogP contribution in [0, 0.1) is 0 Å². The maximum Gasteiger partial charge on any atom is 0.293 e. The standard InChI is InChI=1S/C25H24O4/c1-24(2,28-17-26)16-25(18-12-14-19(27-3)15-13-18)20-8-4-6-10-22(20)29-23-11-7-5-9-21(23)25/h4-15,17H,16H2,1-3H3. The molecule has 3 aromatic rings. The van der Waals surface area contributed by atoms with E-state index in [2.05, 4.69) is 24.3 Å². The van der Waals surface area contributed by atoms with Gasteiger partial charge in [0.05, 0.1) is 12.5 Å². The highest BCUT2D eigenvalue weighted by Gasteiger charge is 2.47. The summed E-state index contributed by atoms with van der Waals surface area (Å²) < 4.78 is 17.1. The third-order valence-corrected chi connectivity index (χ3v) is 5.55. The highest BCUT2D eigenvalue weighted by Crippen LogP contribution is 2.55. The summed E-state index contributed by atoms with van der Waals surface area (Å²) in [5, 5.41) is 0. The summed E-state index contributed by atoms with van der Waals surface area (Å²) in [6, 6.07) is 24.2. The summed E-state index contributed by atoms with van der Waals surface area (Å²) in [5.41, 5.74) is 1.94. The van der Waals surface area contributed by atoms with E-state index < -0.39 is 11.0 Å². The average molecular weight is 388 g/mol. The second-order valence-corrected chi connectivity index (χ2v) is 7.88. The smallest absolute Gasteiger partial charge is 0.293 e. The largest absolute Gasteiger partial charge is 0.497 e. The molecule has 1 heterocycles. The van der Waals surface area contributed by atoms with Gasteiger partial charge in [0.1, 0.15) is 22.8 Å². The summed E-state index contributed by atoms with van der Waals surface area (Å²) in [5.74, 6) is 2.41. The zero-order valence-corrected chi connectivity index (χ0v) is 16.8. The normalized spacial score (nSPS) is 14.2. The Morgan fingerprint density at radius 1 is 0.897 bits per heavy atom. The summed E-state index contributed by atoms with van der Waals surface area (Å²) >= 11 is 0. The van der Waals surface area contributed by atoms with E-state index >= 15 is 0 Å². The van der Waals surface area contributed by atoms with Gasteiger partial charge in [0.15, 0.2) is 0 Å². The van der Waals surface area contributed by atoms with E-state index in [4.69, 9.17) is 14.2 Å². The lowest BCUT2D eigenvalue weighted by molar-refractivity contribution is -0.141. The highest BCUT2D eigenvalue weighted by molar-refractivity contribution is 5.63. The van der Waals surface area contributed by atoms with Crippen LogP contribution in [0.4, 0.5) is 0 Å². The topological polar surface area (TPSA) is 44.8 Å². The molecule has 0 fully saturated rings. The fourth-order valence-electron chi connectivity index (χ4n) is 4.37. The van der Waals surface area contributed by atoms with E-state index in [1.165, 1.54) is 0 Å². The third kappa shape index (κ3) is 3.25. The number of fused-ring (bicyclic) bond motifs is 2. The molecule has 0 bridgehead atoms. The minimum absolute atomic E-state index is 0.527. The van der Waals surface area contributed by atoms with Crippen LogP contribution in [-0.2, 0) is 14.9 Å². The van der Waals surface area contributed by atoms with Crippen molar-refractivity contribution in [2.75, 3.05) is 7.11 Å². The second-order valence-electron chi connectivity index (χ2n) is 7.88. The molecule has 0 saturated carbocycles. The van der Waals surface area contributed by atoms with Gasteiger partial charge in [-0.05, 0) is 43.7 Å². The van der Waals surface area contributed by atoms with Crippen molar-refractivity contribution in [3.05, 3.63) is 89.5 Å². The van der Waals surface area contributed by atoms with E-state index in [1.807, 2.05) is 62.4 Å². The molecule has 4 nitrogen and oxygen atoms in total. The number of rotatable bonds is 6. The van der Waals surface area contributed by atoms with Crippen LogP contribution in [0.5, 0.6) is 17.2 Å². The Balaban J connectivity index is 2.03. The van der Waals surface area contributed by atoms with Crippen LogP contribution in [0.1, 0.15) is 37.0 Å². The Morgan fingerprint density at radius 3 is 1.97 bits per heavy atom. The fraction of sp³-hybridized carbons (Fsp3) is 0.240. The third-order valence-electron chi connectivity index (χ3n) is 5.55. The minimum atomic E-state index is -0.695. The van der Waals surface area contributed by atoms with Crippen LogP contribution in [0.15, 0.2) is 72.8 Å². The molecule has 1 aliphatic heterocycles. The van der Waals surface area contributed by atoms with Gasteiger partial charge in [-0.1, -0.05) is 48.5 Å². The molecule has 0 N–H and O–H groups in total. The molecule has 0 spiro atoms. The lowest BCUT2D eigenvalue weighted by atomic mass is 9.63. The number of hydrogen-bond donors (Lipinski definition) is 0. The Hall–Kier alpha value is -3.27. The van der Waals surface area contributed by atoms with Crippen molar-refractivity contribution in [1.29, 1.82) is 0 Å². The lowest BCUT2D eigenvalue weighted by Gasteiger charge is -2.44. The fourth-order valence-corrected chi connectivity index (χ4v) is 4.37. The number of carbonyl (C=O) groups excluding carboxylic acids is 1. The molecule has 4 rings (SSSR count). The lowest BCUT2D eigenvalue weighted by Crippen LogP contribution is -2.41. The zero-order chi connectivity index (χ0) is 20.5. The van der Waals surface area contributed by atoms with E-state index in [9.17, 15) is 4.79 Å². The van der Waals surface area contributed by atoms with Gasteiger partial charge in [0.2, 0.25) is 0 Å². The molecule has 0 saturated heterocycles. The second kappa shape index (κ2) is 7.28. The molecule has 0 aliphatic carbocycles. The predicted octanol–water partition coefficient (Wildman–Crippen LogP) is 5.48. The summed E-state index contributed by atoms with van der Waals surface area (Å²) in [7, 11) is 1.66. The quantitative estimate of drug-likeness (QED) is 0.525. The monoisotopic (exact) mass is 388 g/mol. The molecule has 0 radical (unpaired) electrons. The van der Waals surface area contributed by atoms with E-state index in [0.29, 0.717) is 12.9 Å². The van der Waals surface area contributed by atoms with Crippen molar-refractivity contribution in [3.8, 4) is 17.2 Å². The van der Waals surface area contributed by atoms with Gasteiger partial charge in [-0.25, -0.2) is 0 Å². The number of para-hydroxylation sites is 2. The van der Waals surface area contributed by atoms with Crippen LogP contribution >= 0.6 is 0 Å². The van der Waals surface area contributed by atoms with Crippen molar-refractivity contribution in [3.63, 3.8) is 0 Å². The first-order chi connectivity index (χ1) is 14.0. The Kier molecular flexibility index (Phi) is 4.79. The maximum atomic E-state index is 11.2. The first-order valence-corrected chi connectivity index (χ1v) is 9.63. The average Bonchev–Trinajstić information content (AvgIpc) is 2.73. The number of ether oxygens (including phenoxy) is 3. The van der Waals surface area contributed by atoms with Crippen molar-refractivity contribution in [2.24, 2.45) is 0 Å². The van der Waals surface area contributed by atoms with Gasteiger partial charge in [0.25, 0.3) is 6.47 Å². The minimum Gasteiger partial charge on any atom is -0.497 e.